The molecule has 0 unspecified atom stereocenters. The van der Waals surface area contributed by atoms with Gasteiger partial charge in [0.25, 0.3) is 0 Å². The minimum Gasteiger partial charge on any atom is -0.398 e. The number of aromatic nitrogens is 3. The van der Waals surface area contributed by atoms with Crippen LogP contribution in [-0.2, 0) is 9.31 Å². The van der Waals surface area contributed by atoms with Crippen molar-refractivity contribution in [3.8, 4) is 0 Å². The van der Waals surface area contributed by atoms with Gasteiger partial charge in [0, 0.05) is 18.0 Å². The van der Waals surface area contributed by atoms with Crippen LogP contribution < -0.4 is 5.59 Å². The van der Waals surface area contributed by atoms with Crippen LogP contribution in [0.2, 0.25) is 0 Å². The van der Waals surface area contributed by atoms with Crippen LogP contribution in [0.1, 0.15) is 27.7 Å². The van der Waals surface area contributed by atoms with E-state index in [4.69, 9.17) is 9.31 Å². The highest BCUT2D eigenvalue weighted by atomic mass is 16.7. The summed E-state index contributed by atoms with van der Waals surface area (Å²) in [6, 6.07) is 1.92. The molecule has 1 aliphatic heterocycles. The summed E-state index contributed by atoms with van der Waals surface area (Å²) in [5, 5.41) is 0. The predicted molar refractivity (Wildman–Crippen MR) is 69.6 cm³/mol. The molecule has 0 aromatic carbocycles. The third kappa shape index (κ3) is 1.64. The van der Waals surface area contributed by atoms with E-state index in [2.05, 4.69) is 15.0 Å². The molecule has 1 fully saturated rings. The molecule has 0 spiro atoms. The maximum atomic E-state index is 5.97. The molecule has 0 atom stereocenters. The lowest BCUT2D eigenvalue weighted by molar-refractivity contribution is 0.00578. The SMILES string of the molecule is CC1(C)OB(c2cc3nccnc3[nH]2)OC1(C)C. The number of aromatic amines is 1. The minimum atomic E-state index is -0.397. The van der Waals surface area contributed by atoms with Crippen LogP contribution in [0, 0.1) is 0 Å². The molecule has 2 aromatic heterocycles. The molecule has 5 nitrogen and oxygen atoms in total. The van der Waals surface area contributed by atoms with Crippen LogP contribution in [-0.4, -0.2) is 33.3 Å². The quantitative estimate of drug-likeness (QED) is 0.768. The van der Waals surface area contributed by atoms with E-state index >= 15 is 0 Å². The molecule has 3 heterocycles. The zero-order chi connectivity index (χ0) is 13.0. The molecule has 0 bridgehead atoms. The first-order chi connectivity index (χ1) is 8.39. The van der Waals surface area contributed by atoms with E-state index in [0.29, 0.717) is 0 Å². The maximum absolute atomic E-state index is 5.97. The maximum Gasteiger partial charge on any atom is 0.512 e. The lowest BCUT2D eigenvalue weighted by Gasteiger charge is -2.32. The van der Waals surface area contributed by atoms with Crippen molar-refractivity contribution in [2.75, 3.05) is 0 Å². The number of hydrogen-bond donors (Lipinski definition) is 1. The van der Waals surface area contributed by atoms with Gasteiger partial charge in [-0.2, -0.15) is 0 Å². The average Bonchev–Trinajstić information content (AvgIpc) is 2.78. The van der Waals surface area contributed by atoms with Crippen LogP contribution in [0.4, 0.5) is 0 Å². The van der Waals surface area contributed by atoms with E-state index in [1.807, 2.05) is 33.8 Å². The number of nitrogens with one attached hydrogen (secondary N) is 1. The van der Waals surface area contributed by atoms with Crippen molar-refractivity contribution >= 4 is 23.9 Å². The van der Waals surface area contributed by atoms with Crippen molar-refractivity contribution < 1.29 is 9.31 Å². The Balaban J connectivity index is 1.97. The third-order valence-corrected chi connectivity index (χ3v) is 3.79. The second kappa shape index (κ2) is 3.55. The van der Waals surface area contributed by atoms with Gasteiger partial charge < -0.3 is 14.3 Å². The smallest absolute Gasteiger partial charge is 0.398 e. The number of H-pyrrole nitrogens is 1. The molecule has 6 heteroatoms. The van der Waals surface area contributed by atoms with Gasteiger partial charge in [0.15, 0.2) is 5.65 Å². The van der Waals surface area contributed by atoms with Crippen molar-refractivity contribution in [3.05, 3.63) is 18.5 Å². The van der Waals surface area contributed by atoms with Gasteiger partial charge in [-0.05, 0) is 33.8 Å². The fourth-order valence-electron chi connectivity index (χ4n) is 1.97. The molecule has 0 aliphatic carbocycles. The Bertz CT molecular complexity index is 545. The molecule has 94 valence electrons. The van der Waals surface area contributed by atoms with Gasteiger partial charge in [-0.25, -0.2) is 4.98 Å². The van der Waals surface area contributed by atoms with E-state index in [0.717, 1.165) is 16.8 Å². The fourth-order valence-corrected chi connectivity index (χ4v) is 1.97. The van der Waals surface area contributed by atoms with E-state index in [9.17, 15) is 0 Å². The molecule has 1 saturated heterocycles. The summed E-state index contributed by atoms with van der Waals surface area (Å²) in [4.78, 5) is 11.6. The van der Waals surface area contributed by atoms with Crippen molar-refractivity contribution in [2.45, 2.75) is 38.9 Å². The van der Waals surface area contributed by atoms with E-state index in [-0.39, 0.29) is 11.2 Å². The van der Waals surface area contributed by atoms with Crippen LogP contribution in [0.3, 0.4) is 0 Å². The largest absolute Gasteiger partial charge is 0.512 e. The normalized spacial score (nSPS) is 21.7. The number of rotatable bonds is 1. The van der Waals surface area contributed by atoms with E-state index in [1.165, 1.54) is 0 Å². The van der Waals surface area contributed by atoms with Crippen molar-refractivity contribution in [1.82, 2.24) is 15.0 Å². The molecule has 18 heavy (non-hydrogen) atoms. The zero-order valence-electron chi connectivity index (χ0n) is 11.0. The Morgan fingerprint density at radius 2 is 1.67 bits per heavy atom. The van der Waals surface area contributed by atoms with Crippen LogP contribution >= 0.6 is 0 Å². The van der Waals surface area contributed by atoms with Crippen molar-refractivity contribution in [1.29, 1.82) is 0 Å². The van der Waals surface area contributed by atoms with Gasteiger partial charge >= 0.3 is 7.12 Å². The van der Waals surface area contributed by atoms with Gasteiger partial charge in [0.05, 0.1) is 11.2 Å². The summed E-state index contributed by atoms with van der Waals surface area (Å²) in [5.74, 6) is 0. The summed E-state index contributed by atoms with van der Waals surface area (Å²) in [6.45, 7) is 8.14. The Hall–Kier alpha value is -1.40. The summed E-state index contributed by atoms with van der Waals surface area (Å²) in [6.07, 6.45) is 3.33. The van der Waals surface area contributed by atoms with Gasteiger partial charge in [-0.1, -0.05) is 0 Å². The molecule has 1 N–H and O–H groups in total. The molecule has 1 aliphatic rings. The summed E-state index contributed by atoms with van der Waals surface area (Å²) in [7, 11) is -0.397. The van der Waals surface area contributed by atoms with Crippen LogP contribution in [0.25, 0.3) is 11.2 Å². The molecule has 2 aromatic rings. The zero-order valence-corrected chi connectivity index (χ0v) is 11.0. The second-order valence-corrected chi connectivity index (χ2v) is 5.60. The Morgan fingerprint density at radius 1 is 1.06 bits per heavy atom. The first-order valence-electron chi connectivity index (χ1n) is 6.04. The Kier molecular flexibility index (Phi) is 2.31. The summed E-state index contributed by atoms with van der Waals surface area (Å²) < 4.78 is 11.9. The molecule has 0 amide bonds. The summed E-state index contributed by atoms with van der Waals surface area (Å²) >= 11 is 0. The number of fused-ring (bicyclic) bond motifs is 1. The second-order valence-electron chi connectivity index (χ2n) is 5.60. The van der Waals surface area contributed by atoms with Crippen LogP contribution in [0.15, 0.2) is 18.5 Å². The van der Waals surface area contributed by atoms with E-state index in [1.54, 1.807) is 12.4 Å². The molecule has 0 radical (unpaired) electrons. The third-order valence-electron chi connectivity index (χ3n) is 3.79. The summed E-state index contributed by atoms with van der Waals surface area (Å²) in [5.41, 5.74) is 1.75. The van der Waals surface area contributed by atoms with Gasteiger partial charge in [-0.15, -0.1) is 0 Å². The standard InChI is InChI=1S/C12H16BN3O2/c1-11(2)12(3,4)18-13(17-11)9-7-8-10(16-9)15-6-5-14-8/h5-7H,1-4H3,(H,15,16). The van der Waals surface area contributed by atoms with Gasteiger partial charge in [-0.3, -0.25) is 4.98 Å². The van der Waals surface area contributed by atoms with Crippen molar-refractivity contribution in [3.63, 3.8) is 0 Å². The highest BCUT2D eigenvalue weighted by Crippen LogP contribution is 2.36. The first-order valence-corrected chi connectivity index (χ1v) is 6.04. The highest BCUT2D eigenvalue weighted by molar-refractivity contribution is 6.61. The Morgan fingerprint density at radius 3 is 2.28 bits per heavy atom. The predicted octanol–water partition coefficient (Wildman–Crippen LogP) is 1.26. The minimum absolute atomic E-state index is 0.337. The molecular weight excluding hydrogens is 229 g/mol. The first kappa shape index (κ1) is 11.7. The highest BCUT2D eigenvalue weighted by Gasteiger charge is 2.52. The molecule has 0 saturated carbocycles. The lowest BCUT2D eigenvalue weighted by Crippen LogP contribution is -2.41. The van der Waals surface area contributed by atoms with Crippen molar-refractivity contribution in [2.24, 2.45) is 0 Å². The number of hydrogen-bond acceptors (Lipinski definition) is 4. The monoisotopic (exact) mass is 245 g/mol. The fraction of sp³-hybridized carbons (Fsp3) is 0.500. The van der Waals surface area contributed by atoms with Crippen LogP contribution in [0.5, 0.6) is 0 Å². The average molecular weight is 245 g/mol. The Labute approximate surface area is 106 Å². The van der Waals surface area contributed by atoms with Gasteiger partial charge in [0.1, 0.15) is 5.52 Å². The molecular formula is C12H16BN3O2. The lowest BCUT2D eigenvalue weighted by atomic mass is 9.85. The molecule has 3 rings (SSSR count). The van der Waals surface area contributed by atoms with E-state index < -0.39 is 7.12 Å². The number of nitrogens with zero attached hydrogens (tertiary/aromatic N) is 2. The van der Waals surface area contributed by atoms with Gasteiger partial charge in [0.2, 0.25) is 0 Å². The topological polar surface area (TPSA) is 60.0 Å².